The third kappa shape index (κ3) is 3.62. The average Bonchev–Trinajstić information content (AvgIpc) is 2.61. The topological polar surface area (TPSA) is 56.8 Å². The van der Waals surface area contributed by atoms with E-state index in [0.717, 1.165) is 11.3 Å². The number of carbonyl (C=O) groups is 1. The quantitative estimate of drug-likeness (QED) is 0.917. The van der Waals surface area contributed by atoms with E-state index in [0.29, 0.717) is 43.2 Å². The first-order valence-corrected chi connectivity index (χ1v) is 7.99. The van der Waals surface area contributed by atoms with Gasteiger partial charge in [0, 0.05) is 12.1 Å². The van der Waals surface area contributed by atoms with Gasteiger partial charge in [-0.3, -0.25) is 4.79 Å². The Balaban J connectivity index is 1.61. The minimum Gasteiger partial charge on any atom is -0.496 e. The van der Waals surface area contributed by atoms with Crippen molar-refractivity contribution < 1.29 is 19.0 Å². The number of aryl methyl sites for hydroxylation is 1. The highest BCUT2D eigenvalue weighted by atomic mass is 16.6. The number of methoxy groups -OCH3 is 1. The van der Waals surface area contributed by atoms with Gasteiger partial charge in [0.25, 0.3) is 5.91 Å². The van der Waals surface area contributed by atoms with Crippen molar-refractivity contribution >= 4 is 5.91 Å². The normalized spacial score (nSPS) is 12.6. The third-order valence-electron chi connectivity index (χ3n) is 3.92. The Labute approximate surface area is 141 Å². The molecule has 1 heterocycles. The van der Waals surface area contributed by atoms with Gasteiger partial charge in [0.1, 0.15) is 19.0 Å². The number of carbonyl (C=O) groups excluding carboxylic acids is 1. The molecule has 126 valence electrons. The number of benzene rings is 2. The van der Waals surface area contributed by atoms with Gasteiger partial charge in [0.05, 0.1) is 7.11 Å². The fourth-order valence-electron chi connectivity index (χ4n) is 2.70. The first kappa shape index (κ1) is 16.2. The number of hydrogen-bond donors (Lipinski definition) is 1. The highest BCUT2D eigenvalue weighted by Gasteiger charge is 2.14. The van der Waals surface area contributed by atoms with Crippen molar-refractivity contribution in [2.24, 2.45) is 0 Å². The van der Waals surface area contributed by atoms with Crippen LogP contribution < -0.4 is 19.5 Å². The summed E-state index contributed by atoms with van der Waals surface area (Å²) in [4.78, 5) is 12.3. The van der Waals surface area contributed by atoms with Gasteiger partial charge in [-0.1, -0.05) is 17.7 Å². The highest BCUT2D eigenvalue weighted by Crippen LogP contribution is 2.30. The lowest BCUT2D eigenvalue weighted by molar-refractivity contribution is 0.0953. The maximum Gasteiger partial charge on any atom is 0.251 e. The predicted octanol–water partition coefficient (Wildman–Crippen LogP) is 2.75. The molecular formula is C19H21NO4. The fourth-order valence-corrected chi connectivity index (χ4v) is 2.70. The second kappa shape index (κ2) is 7.25. The summed E-state index contributed by atoms with van der Waals surface area (Å²) in [6, 6.07) is 11.3. The van der Waals surface area contributed by atoms with E-state index in [4.69, 9.17) is 14.2 Å². The molecule has 1 aliphatic rings. The van der Waals surface area contributed by atoms with Crippen LogP contribution in [0.5, 0.6) is 17.2 Å². The largest absolute Gasteiger partial charge is 0.496 e. The molecule has 5 heteroatoms. The van der Waals surface area contributed by atoms with Gasteiger partial charge in [-0.15, -0.1) is 0 Å². The SMILES string of the molecule is COc1ccc(C)cc1CCNC(=O)c1ccc2c(c1)OCCO2. The molecular weight excluding hydrogens is 306 g/mol. The average molecular weight is 327 g/mol. The van der Waals surface area contributed by atoms with Crippen molar-refractivity contribution in [2.75, 3.05) is 26.9 Å². The van der Waals surface area contributed by atoms with Crippen molar-refractivity contribution in [2.45, 2.75) is 13.3 Å². The molecule has 1 aliphatic heterocycles. The zero-order valence-corrected chi connectivity index (χ0v) is 13.9. The second-order valence-corrected chi connectivity index (χ2v) is 5.68. The van der Waals surface area contributed by atoms with Crippen LogP contribution in [0.2, 0.25) is 0 Å². The van der Waals surface area contributed by atoms with Gasteiger partial charge >= 0.3 is 0 Å². The maximum atomic E-state index is 12.3. The van der Waals surface area contributed by atoms with E-state index in [1.807, 2.05) is 19.1 Å². The molecule has 0 spiro atoms. The smallest absolute Gasteiger partial charge is 0.251 e. The van der Waals surface area contributed by atoms with E-state index in [-0.39, 0.29) is 5.91 Å². The van der Waals surface area contributed by atoms with Crippen LogP contribution in [-0.4, -0.2) is 32.8 Å². The van der Waals surface area contributed by atoms with Crippen LogP contribution in [0.3, 0.4) is 0 Å². The van der Waals surface area contributed by atoms with Crippen molar-refractivity contribution in [1.29, 1.82) is 0 Å². The summed E-state index contributed by atoms with van der Waals surface area (Å²) in [6.45, 7) is 3.62. The van der Waals surface area contributed by atoms with E-state index >= 15 is 0 Å². The minimum absolute atomic E-state index is 0.126. The van der Waals surface area contributed by atoms with Crippen LogP contribution in [0.15, 0.2) is 36.4 Å². The Morgan fingerprint density at radius 1 is 1.12 bits per heavy atom. The van der Waals surface area contributed by atoms with Crippen LogP contribution in [0.1, 0.15) is 21.5 Å². The number of nitrogens with one attached hydrogen (secondary N) is 1. The molecule has 24 heavy (non-hydrogen) atoms. The lowest BCUT2D eigenvalue weighted by Crippen LogP contribution is -2.26. The third-order valence-corrected chi connectivity index (χ3v) is 3.92. The molecule has 0 radical (unpaired) electrons. The lowest BCUT2D eigenvalue weighted by Gasteiger charge is -2.18. The molecule has 1 amide bonds. The zero-order chi connectivity index (χ0) is 16.9. The van der Waals surface area contributed by atoms with Crippen LogP contribution in [0.25, 0.3) is 0 Å². The van der Waals surface area contributed by atoms with Gasteiger partial charge in [0.2, 0.25) is 0 Å². The van der Waals surface area contributed by atoms with E-state index in [9.17, 15) is 4.79 Å². The Kier molecular flexibility index (Phi) is 4.89. The second-order valence-electron chi connectivity index (χ2n) is 5.68. The molecule has 0 saturated heterocycles. The summed E-state index contributed by atoms with van der Waals surface area (Å²) in [5, 5.41) is 2.93. The van der Waals surface area contributed by atoms with Gasteiger partial charge in [-0.25, -0.2) is 0 Å². The molecule has 0 fully saturated rings. The Morgan fingerprint density at radius 3 is 2.71 bits per heavy atom. The molecule has 0 aliphatic carbocycles. The lowest BCUT2D eigenvalue weighted by atomic mass is 10.1. The standard InChI is InChI=1S/C19H21NO4/c1-13-3-5-16(22-2)14(11-13)7-8-20-19(21)15-4-6-17-18(12-15)24-10-9-23-17/h3-6,11-12H,7-10H2,1-2H3,(H,20,21). The van der Waals surface area contributed by atoms with Crippen LogP contribution in [0, 0.1) is 6.92 Å². The predicted molar refractivity (Wildman–Crippen MR) is 91.2 cm³/mol. The number of fused-ring (bicyclic) bond motifs is 1. The van der Waals surface area contributed by atoms with Gasteiger partial charge < -0.3 is 19.5 Å². The fraction of sp³-hybridized carbons (Fsp3) is 0.316. The van der Waals surface area contributed by atoms with Crippen LogP contribution in [-0.2, 0) is 6.42 Å². The summed E-state index contributed by atoms with van der Waals surface area (Å²) in [5.74, 6) is 2.02. The summed E-state index contributed by atoms with van der Waals surface area (Å²) >= 11 is 0. The molecule has 0 saturated carbocycles. The van der Waals surface area contributed by atoms with E-state index in [2.05, 4.69) is 11.4 Å². The Bertz CT molecular complexity index is 742. The Morgan fingerprint density at radius 2 is 1.92 bits per heavy atom. The van der Waals surface area contributed by atoms with Gasteiger partial charge in [0.15, 0.2) is 11.5 Å². The molecule has 0 bridgehead atoms. The molecule has 2 aromatic rings. The summed E-state index contributed by atoms with van der Waals surface area (Å²) in [6.07, 6.45) is 0.709. The highest BCUT2D eigenvalue weighted by molar-refractivity contribution is 5.94. The Hall–Kier alpha value is -2.69. The number of amides is 1. The van der Waals surface area contributed by atoms with Gasteiger partial charge in [-0.2, -0.15) is 0 Å². The van der Waals surface area contributed by atoms with E-state index < -0.39 is 0 Å². The van der Waals surface area contributed by atoms with Crippen molar-refractivity contribution in [3.05, 3.63) is 53.1 Å². The molecule has 1 N–H and O–H groups in total. The summed E-state index contributed by atoms with van der Waals surface area (Å²) in [5.41, 5.74) is 2.82. The summed E-state index contributed by atoms with van der Waals surface area (Å²) < 4.78 is 16.3. The van der Waals surface area contributed by atoms with E-state index in [1.165, 1.54) is 5.56 Å². The first-order valence-electron chi connectivity index (χ1n) is 7.99. The van der Waals surface area contributed by atoms with Crippen molar-refractivity contribution in [3.63, 3.8) is 0 Å². The summed E-state index contributed by atoms with van der Waals surface area (Å²) in [7, 11) is 1.65. The molecule has 0 unspecified atom stereocenters. The molecule has 0 atom stereocenters. The first-order chi connectivity index (χ1) is 11.7. The maximum absolute atomic E-state index is 12.3. The number of ether oxygens (including phenoxy) is 3. The van der Waals surface area contributed by atoms with E-state index in [1.54, 1.807) is 25.3 Å². The molecule has 2 aromatic carbocycles. The number of rotatable bonds is 5. The number of hydrogen-bond acceptors (Lipinski definition) is 4. The van der Waals surface area contributed by atoms with Crippen LogP contribution >= 0.6 is 0 Å². The zero-order valence-electron chi connectivity index (χ0n) is 13.9. The monoisotopic (exact) mass is 327 g/mol. The van der Waals surface area contributed by atoms with Crippen molar-refractivity contribution in [3.8, 4) is 17.2 Å². The van der Waals surface area contributed by atoms with Crippen molar-refractivity contribution in [1.82, 2.24) is 5.32 Å². The van der Waals surface area contributed by atoms with Gasteiger partial charge in [-0.05, 0) is 43.2 Å². The minimum atomic E-state index is -0.126. The molecule has 3 rings (SSSR count). The molecule has 0 aromatic heterocycles. The van der Waals surface area contributed by atoms with Crippen LogP contribution in [0.4, 0.5) is 0 Å². The molecule has 5 nitrogen and oxygen atoms in total.